The highest BCUT2D eigenvalue weighted by atomic mass is 35.5. The summed E-state index contributed by atoms with van der Waals surface area (Å²) in [6, 6.07) is 3.59. The van der Waals surface area contributed by atoms with Gasteiger partial charge in [-0.3, -0.25) is 9.36 Å². The third-order valence-corrected chi connectivity index (χ3v) is 3.05. The van der Waals surface area contributed by atoms with E-state index < -0.39 is 0 Å². The normalized spacial score (nSPS) is 11.3. The minimum absolute atomic E-state index is 0.124. The van der Waals surface area contributed by atoms with E-state index in [1.165, 1.54) is 6.07 Å². The van der Waals surface area contributed by atoms with E-state index in [4.69, 9.17) is 16.9 Å². The second-order valence-electron chi connectivity index (χ2n) is 4.94. The van der Waals surface area contributed by atoms with Crippen LogP contribution in [0.4, 0.5) is 0 Å². The van der Waals surface area contributed by atoms with Crippen molar-refractivity contribution < 1.29 is 0 Å². The maximum atomic E-state index is 11.8. The fraction of sp³-hybridized carbons (Fsp3) is 0.615. The lowest BCUT2D eigenvalue weighted by Gasteiger charge is -2.16. The molecular formula is C13H18ClN3O. The maximum Gasteiger partial charge on any atom is 0.254 e. The molecule has 0 aliphatic rings. The van der Waals surface area contributed by atoms with Crippen LogP contribution in [0.2, 0.25) is 5.15 Å². The maximum absolute atomic E-state index is 11.8. The van der Waals surface area contributed by atoms with Gasteiger partial charge in [0.15, 0.2) is 0 Å². The Bertz CT molecular complexity index is 514. The van der Waals surface area contributed by atoms with Crippen LogP contribution in [0.15, 0.2) is 10.9 Å². The number of hydrogen-bond acceptors (Lipinski definition) is 3. The van der Waals surface area contributed by atoms with Crippen LogP contribution in [-0.2, 0) is 13.0 Å². The minimum atomic E-state index is -0.351. The summed E-state index contributed by atoms with van der Waals surface area (Å²) in [5.74, 6) is 0.697. The molecule has 0 saturated carbocycles. The number of aromatic nitrogens is 2. The highest BCUT2D eigenvalue weighted by Crippen LogP contribution is 2.21. The monoisotopic (exact) mass is 267 g/mol. The lowest BCUT2D eigenvalue weighted by molar-refractivity contribution is 0.409. The fourth-order valence-corrected chi connectivity index (χ4v) is 1.96. The molecule has 1 heterocycles. The molecule has 0 aliphatic heterocycles. The van der Waals surface area contributed by atoms with Gasteiger partial charge in [-0.05, 0) is 26.7 Å². The van der Waals surface area contributed by atoms with Crippen LogP contribution >= 0.6 is 11.6 Å². The summed E-state index contributed by atoms with van der Waals surface area (Å²) in [6.45, 7) is 6.32. The molecule has 0 aliphatic carbocycles. The Hall–Kier alpha value is -1.34. The molecule has 0 amide bonds. The Kier molecular flexibility index (Phi) is 4.92. The summed E-state index contributed by atoms with van der Waals surface area (Å²) < 4.78 is 1.64. The highest BCUT2D eigenvalue weighted by Gasteiger charge is 2.16. The van der Waals surface area contributed by atoms with Crippen molar-refractivity contribution >= 4 is 11.6 Å². The molecule has 1 rings (SSSR count). The molecule has 4 nitrogen and oxygen atoms in total. The zero-order valence-corrected chi connectivity index (χ0v) is 11.8. The summed E-state index contributed by atoms with van der Waals surface area (Å²) in [5, 5.41) is 9.18. The molecule has 0 saturated heterocycles. The van der Waals surface area contributed by atoms with Gasteiger partial charge in [0.2, 0.25) is 0 Å². The van der Waals surface area contributed by atoms with E-state index in [1.807, 2.05) is 20.8 Å². The van der Waals surface area contributed by atoms with Crippen molar-refractivity contribution in [2.75, 3.05) is 0 Å². The predicted octanol–water partition coefficient (Wildman–Crippen LogP) is 2.79. The smallest absolute Gasteiger partial charge is 0.254 e. The van der Waals surface area contributed by atoms with E-state index in [-0.39, 0.29) is 16.1 Å². The first-order valence-corrected chi connectivity index (χ1v) is 6.45. The van der Waals surface area contributed by atoms with Crippen molar-refractivity contribution in [3.63, 3.8) is 0 Å². The molecule has 98 valence electrons. The van der Waals surface area contributed by atoms with E-state index in [2.05, 4.69) is 11.1 Å². The molecule has 1 aromatic rings. The molecule has 0 unspecified atom stereocenters. The van der Waals surface area contributed by atoms with Gasteiger partial charge in [0.1, 0.15) is 11.0 Å². The van der Waals surface area contributed by atoms with Gasteiger partial charge in [-0.2, -0.15) is 5.26 Å². The standard InChI is InChI=1S/C13H18ClN3O/c1-4-11-16-10(14)8-12(18)17(11)7-5-6-13(2,3)9-15/h8H,4-7H2,1-3H3. The molecule has 0 bridgehead atoms. The van der Waals surface area contributed by atoms with E-state index in [0.29, 0.717) is 18.8 Å². The Balaban J connectivity index is 2.80. The summed E-state index contributed by atoms with van der Waals surface area (Å²) >= 11 is 5.76. The molecule has 0 N–H and O–H groups in total. The van der Waals surface area contributed by atoms with Crippen LogP contribution in [0.1, 0.15) is 39.4 Å². The van der Waals surface area contributed by atoms with Crippen LogP contribution in [0, 0.1) is 16.7 Å². The topological polar surface area (TPSA) is 58.7 Å². The minimum Gasteiger partial charge on any atom is -0.297 e. The third kappa shape index (κ3) is 3.85. The Morgan fingerprint density at radius 1 is 1.56 bits per heavy atom. The number of hydrogen-bond donors (Lipinski definition) is 0. The van der Waals surface area contributed by atoms with Crippen molar-refractivity contribution in [1.29, 1.82) is 5.26 Å². The zero-order chi connectivity index (χ0) is 13.8. The van der Waals surface area contributed by atoms with Crippen LogP contribution in [0.25, 0.3) is 0 Å². The zero-order valence-electron chi connectivity index (χ0n) is 11.0. The quantitative estimate of drug-likeness (QED) is 0.771. The molecule has 0 aromatic carbocycles. The van der Waals surface area contributed by atoms with Gasteiger partial charge in [-0.25, -0.2) is 4.98 Å². The first-order valence-electron chi connectivity index (χ1n) is 6.07. The summed E-state index contributed by atoms with van der Waals surface area (Å²) in [4.78, 5) is 16.0. The highest BCUT2D eigenvalue weighted by molar-refractivity contribution is 6.29. The van der Waals surface area contributed by atoms with Gasteiger partial charge < -0.3 is 0 Å². The molecule has 0 spiro atoms. The van der Waals surface area contributed by atoms with E-state index in [1.54, 1.807) is 4.57 Å². The average molecular weight is 268 g/mol. The van der Waals surface area contributed by atoms with Gasteiger partial charge in [0.25, 0.3) is 5.56 Å². The van der Waals surface area contributed by atoms with Crippen molar-refractivity contribution in [1.82, 2.24) is 9.55 Å². The van der Waals surface area contributed by atoms with Crippen molar-refractivity contribution in [3.8, 4) is 6.07 Å². The SMILES string of the molecule is CCc1nc(Cl)cc(=O)n1CCCC(C)(C)C#N. The summed E-state index contributed by atoms with van der Waals surface area (Å²) in [5.41, 5.74) is -0.475. The first-order chi connectivity index (χ1) is 8.39. The van der Waals surface area contributed by atoms with Gasteiger partial charge in [0, 0.05) is 19.0 Å². The van der Waals surface area contributed by atoms with Crippen LogP contribution in [0.3, 0.4) is 0 Å². The number of rotatable bonds is 5. The molecule has 1 aromatic heterocycles. The van der Waals surface area contributed by atoms with E-state index in [9.17, 15) is 4.79 Å². The fourth-order valence-electron chi connectivity index (χ4n) is 1.77. The van der Waals surface area contributed by atoms with Crippen LogP contribution in [-0.4, -0.2) is 9.55 Å². The second-order valence-corrected chi connectivity index (χ2v) is 5.33. The molecule has 5 heteroatoms. The number of halogens is 1. The molecule has 0 fully saturated rings. The second kappa shape index (κ2) is 6.01. The van der Waals surface area contributed by atoms with Crippen LogP contribution in [0.5, 0.6) is 0 Å². The number of nitrogens with zero attached hydrogens (tertiary/aromatic N) is 3. The summed E-state index contributed by atoms with van der Waals surface area (Å²) in [7, 11) is 0. The van der Waals surface area contributed by atoms with Crippen molar-refractivity contribution in [2.45, 2.75) is 46.6 Å². The largest absolute Gasteiger partial charge is 0.297 e. The lowest BCUT2D eigenvalue weighted by Crippen LogP contribution is -2.25. The Morgan fingerprint density at radius 3 is 2.78 bits per heavy atom. The Labute approximate surface area is 112 Å². The van der Waals surface area contributed by atoms with Gasteiger partial charge in [-0.15, -0.1) is 0 Å². The van der Waals surface area contributed by atoms with Crippen molar-refractivity contribution in [3.05, 3.63) is 27.4 Å². The molecule has 0 atom stereocenters. The third-order valence-electron chi connectivity index (χ3n) is 2.86. The molecule has 0 radical (unpaired) electrons. The first kappa shape index (κ1) is 14.7. The Morgan fingerprint density at radius 2 is 2.22 bits per heavy atom. The number of nitriles is 1. The molecular weight excluding hydrogens is 250 g/mol. The van der Waals surface area contributed by atoms with E-state index in [0.717, 1.165) is 12.8 Å². The van der Waals surface area contributed by atoms with Gasteiger partial charge in [-0.1, -0.05) is 18.5 Å². The van der Waals surface area contributed by atoms with Crippen molar-refractivity contribution in [2.24, 2.45) is 5.41 Å². The van der Waals surface area contributed by atoms with Gasteiger partial charge in [0.05, 0.1) is 11.5 Å². The summed E-state index contributed by atoms with van der Waals surface area (Å²) in [6.07, 6.45) is 2.19. The van der Waals surface area contributed by atoms with E-state index >= 15 is 0 Å². The lowest BCUT2D eigenvalue weighted by atomic mass is 9.90. The number of aryl methyl sites for hydroxylation is 1. The van der Waals surface area contributed by atoms with Gasteiger partial charge >= 0.3 is 0 Å². The molecule has 18 heavy (non-hydrogen) atoms. The van der Waals surface area contributed by atoms with Crippen LogP contribution < -0.4 is 5.56 Å². The average Bonchev–Trinajstić information content (AvgIpc) is 2.31. The predicted molar refractivity (Wildman–Crippen MR) is 71.5 cm³/mol.